The molecule has 0 saturated carbocycles. The van der Waals surface area contributed by atoms with E-state index in [0.717, 1.165) is 16.5 Å². The molecule has 1 aliphatic heterocycles. The first-order valence-corrected chi connectivity index (χ1v) is 13.6. The topological polar surface area (TPSA) is 88.8 Å². The van der Waals surface area contributed by atoms with E-state index in [-0.39, 0.29) is 11.9 Å². The number of fused-ring (bicyclic) bond motifs is 1. The lowest BCUT2D eigenvalue weighted by Crippen LogP contribution is -2.56. The van der Waals surface area contributed by atoms with E-state index in [9.17, 15) is 13.2 Å². The Morgan fingerprint density at radius 1 is 1.12 bits per heavy atom. The standard InChI is InChI=1S/C23H31N5O3S2/c1-3-27(4-2)33(30,31)28-13-11-26(12-14-28)23(29)25-17-20(22-10-7-15-32-22)19-16-24-21-9-6-5-8-18(19)21/h5-10,15-16,20,24H,3-4,11-14,17H2,1-2H3,(H,25,29)/t20-/m0/s1. The van der Waals surface area contributed by atoms with Gasteiger partial charge in [0.25, 0.3) is 10.2 Å². The number of carbonyl (C=O) groups is 1. The van der Waals surface area contributed by atoms with Crippen molar-refractivity contribution in [1.82, 2.24) is 23.8 Å². The second kappa shape index (κ2) is 10.3. The molecular weight excluding hydrogens is 458 g/mol. The van der Waals surface area contributed by atoms with Gasteiger partial charge < -0.3 is 15.2 Å². The van der Waals surface area contributed by atoms with Crippen molar-refractivity contribution in [3.63, 3.8) is 0 Å². The van der Waals surface area contributed by atoms with Crippen LogP contribution in [0.25, 0.3) is 10.9 Å². The summed E-state index contributed by atoms with van der Waals surface area (Å²) in [6.45, 7) is 6.40. The highest BCUT2D eigenvalue weighted by molar-refractivity contribution is 7.86. The molecule has 33 heavy (non-hydrogen) atoms. The van der Waals surface area contributed by atoms with Crippen LogP contribution in [0, 0.1) is 0 Å². The summed E-state index contributed by atoms with van der Waals surface area (Å²) in [7, 11) is -3.47. The predicted octanol–water partition coefficient (Wildman–Crippen LogP) is 3.28. The van der Waals surface area contributed by atoms with Crippen molar-refractivity contribution in [2.45, 2.75) is 19.8 Å². The van der Waals surface area contributed by atoms with Crippen LogP contribution in [0.2, 0.25) is 0 Å². The van der Waals surface area contributed by atoms with Crippen LogP contribution in [0.3, 0.4) is 0 Å². The van der Waals surface area contributed by atoms with E-state index in [0.29, 0.717) is 45.8 Å². The number of hydrogen-bond acceptors (Lipinski definition) is 4. The number of amides is 2. The number of thiophene rings is 1. The predicted molar refractivity (Wildman–Crippen MR) is 133 cm³/mol. The first-order valence-electron chi connectivity index (χ1n) is 11.3. The fraction of sp³-hybridized carbons (Fsp3) is 0.435. The first kappa shape index (κ1) is 23.7. The zero-order valence-corrected chi connectivity index (χ0v) is 20.7. The molecule has 1 aliphatic rings. The summed E-state index contributed by atoms with van der Waals surface area (Å²) in [6.07, 6.45) is 2.03. The average Bonchev–Trinajstić information content (AvgIpc) is 3.51. The maximum Gasteiger partial charge on any atom is 0.317 e. The number of carbonyl (C=O) groups excluding carboxylic acids is 1. The lowest BCUT2D eigenvalue weighted by molar-refractivity contribution is 0.169. The van der Waals surface area contributed by atoms with Crippen LogP contribution in [0.4, 0.5) is 4.79 Å². The van der Waals surface area contributed by atoms with Gasteiger partial charge in [-0.2, -0.15) is 17.0 Å². The number of hydrogen-bond donors (Lipinski definition) is 2. The summed E-state index contributed by atoms with van der Waals surface area (Å²) in [5, 5.41) is 6.30. The van der Waals surface area contributed by atoms with Crippen molar-refractivity contribution in [2.24, 2.45) is 0 Å². The number of para-hydroxylation sites is 1. The first-order chi connectivity index (χ1) is 16.0. The highest BCUT2D eigenvalue weighted by atomic mass is 32.2. The maximum absolute atomic E-state index is 12.9. The second-order valence-corrected chi connectivity index (χ2v) is 10.9. The third-order valence-electron chi connectivity index (χ3n) is 6.22. The summed E-state index contributed by atoms with van der Waals surface area (Å²) in [5.41, 5.74) is 2.23. The van der Waals surface area contributed by atoms with Gasteiger partial charge in [0.2, 0.25) is 0 Å². The van der Waals surface area contributed by atoms with E-state index in [1.807, 2.05) is 38.2 Å². The third-order valence-corrected chi connectivity index (χ3v) is 9.40. The highest BCUT2D eigenvalue weighted by Crippen LogP contribution is 2.32. The molecule has 2 aromatic heterocycles. The molecule has 2 amide bonds. The van der Waals surface area contributed by atoms with E-state index >= 15 is 0 Å². The molecule has 0 bridgehead atoms. The number of aromatic nitrogens is 1. The molecule has 8 nitrogen and oxygen atoms in total. The third kappa shape index (κ3) is 4.93. The number of H-pyrrole nitrogens is 1. The molecule has 1 atom stereocenters. The molecule has 0 aliphatic carbocycles. The minimum atomic E-state index is -3.47. The molecule has 3 heterocycles. The molecule has 0 spiro atoms. The van der Waals surface area contributed by atoms with E-state index in [4.69, 9.17) is 0 Å². The molecule has 178 valence electrons. The van der Waals surface area contributed by atoms with Crippen LogP contribution in [0.15, 0.2) is 48.0 Å². The monoisotopic (exact) mass is 489 g/mol. The molecule has 4 rings (SSSR count). The molecule has 0 unspecified atom stereocenters. The summed E-state index contributed by atoms with van der Waals surface area (Å²) < 4.78 is 28.4. The zero-order chi connectivity index (χ0) is 23.4. The summed E-state index contributed by atoms with van der Waals surface area (Å²) in [4.78, 5) is 19.2. The largest absolute Gasteiger partial charge is 0.361 e. The normalized spacial score (nSPS) is 16.4. The van der Waals surface area contributed by atoms with E-state index in [1.54, 1.807) is 16.2 Å². The molecule has 1 aromatic carbocycles. The van der Waals surface area contributed by atoms with Gasteiger partial charge in [-0.05, 0) is 23.1 Å². The van der Waals surface area contributed by atoms with E-state index < -0.39 is 10.2 Å². The van der Waals surface area contributed by atoms with Crippen molar-refractivity contribution >= 4 is 38.5 Å². The number of nitrogens with zero attached hydrogens (tertiary/aromatic N) is 3. The van der Waals surface area contributed by atoms with Gasteiger partial charge in [-0.25, -0.2) is 4.79 Å². The van der Waals surface area contributed by atoms with Crippen molar-refractivity contribution in [2.75, 3.05) is 45.8 Å². The lowest BCUT2D eigenvalue weighted by Gasteiger charge is -2.36. The van der Waals surface area contributed by atoms with Gasteiger partial charge in [-0.15, -0.1) is 11.3 Å². The Bertz CT molecular complexity index is 1160. The van der Waals surface area contributed by atoms with Crippen LogP contribution < -0.4 is 5.32 Å². The quantitative estimate of drug-likeness (QED) is 0.509. The Morgan fingerprint density at radius 2 is 1.85 bits per heavy atom. The van der Waals surface area contributed by atoms with Crippen LogP contribution in [-0.2, 0) is 10.2 Å². The van der Waals surface area contributed by atoms with Crippen LogP contribution in [0.1, 0.15) is 30.2 Å². The van der Waals surface area contributed by atoms with E-state index in [2.05, 4.69) is 33.9 Å². The van der Waals surface area contributed by atoms with E-state index in [1.165, 1.54) is 13.5 Å². The molecule has 0 radical (unpaired) electrons. The number of benzene rings is 1. The highest BCUT2D eigenvalue weighted by Gasteiger charge is 2.32. The van der Waals surface area contributed by atoms with Gasteiger partial charge in [0, 0.05) is 73.7 Å². The Morgan fingerprint density at radius 3 is 2.52 bits per heavy atom. The zero-order valence-electron chi connectivity index (χ0n) is 19.0. The summed E-state index contributed by atoms with van der Waals surface area (Å²) in [6, 6.07) is 12.1. The SMILES string of the molecule is CCN(CC)S(=O)(=O)N1CCN(C(=O)NC[C@H](c2cccs2)c2c[nH]c3ccccc23)CC1. The number of piperazine rings is 1. The van der Waals surface area contributed by atoms with Gasteiger partial charge in [-0.1, -0.05) is 38.1 Å². The number of rotatable bonds is 8. The molecule has 1 fully saturated rings. The molecule has 3 aromatic rings. The fourth-order valence-electron chi connectivity index (χ4n) is 4.37. The van der Waals surface area contributed by atoms with Crippen LogP contribution in [0.5, 0.6) is 0 Å². The Hall–Kier alpha value is -2.40. The van der Waals surface area contributed by atoms with Crippen LogP contribution in [-0.4, -0.2) is 78.8 Å². The van der Waals surface area contributed by atoms with Crippen molar-refractivity contribution in [3.8, 4) is 0 Å². The van der Waals surface area contributed by atoms with Crippen molar-refractivity contribution in [1.29, 1.82) is 0 Å². The minimum Gasteiger partial charge on any atom is -0.361 e. The Kier molecular flexibility index (Phi) is 7.38. The molecule has 2 N–H and O–H groups in total. The smallest absolute Gasteiger partial charge is 0.317 e. The second-order valence-electron chi connectivity index (χ2n) is 8.02. The average molecular weight is 490 g/mol. The number of urea groups is 1. The Balaban J connectivity index is 1.41. The molecule has 10 heteroatoms. The summed E-state index contributed by atoms with van der Waals surface area (Å²) in [5.74, 6) is 0.0365. The van der Waals surface area contributed by atoms with Gasteiger partial charge in [-0.3, -0.25) is 0 Å². The maximum atomic E-state index is 12.9. The van der Waals surface area contributed by atoms with Gasteiger partial charge >= 0.3 is 6.03 Å². The van der Waals surface area contributed by atoms with Crippen molar-refractivity contribution < 1.29 is 13.2 Å². The van der Waals surface area contributed by atoms with Gasteiger partial charge in [0.1, 0.15) is 0 Å². The fourth-order valence-corrected chi connectivity index (χ4v) is 6.82. The van der Waals surface area contributed by atoms with Gasteiger partial charge in [0.05, 0.1) is 0 Å². The van der Waals surface area contributed by atoms with Crippen LogP contribution >= 0.6 is 11.3 Å². The molecule has 1 saturated heterocycles. The Labute approximate surface area is 199 Å². The lowest BCUT2D eigenvalue weighted by atomic mass is 9.97. The molecular formula is C23H31N5O3S2. The summed E-state index contributed by atoms with van der Waals surface area (Å²) >= 11 is 1.68. The minimum absolute atomic E-state index is 0.0365. The number of nitrogens with one attached hydrogen (secondary N) is 2. The van der Waals surface area contributed by atoms with Gasteiger partial charge in [0.15, 0.2) is 0 Å². The van der Waals surface area contributed by atoms with Crippen molar-refractivity contribution in [3.05, 3.63) is 58.4 Å². The number of aromatic amines is 1.